The van der Waals surface area contributed by atoms with Crippen LogP contribution in [0.1, 0.15) is 5.56 Å². The van der Waals surface area contributed by atoms with Crippen LogP contribution in [0.3, 0.4) is 0 Å². The van der Waals surface area contributed by atoms with E-state index in [1.165, 1.54) is 32.3 Å². The predicted octanol–water partition coefficient (Wildman–Crippen LogP) is 11.5. The number of nitriles is 1. The topological polar surface area (TPSA) is 40.2 Å². The van der Waals surface area contributed by atoms with E-state index >= 15 is 0 Å². The zero-order chi connectivity index (χ0) is 29.2. The van der Waals surface area contributed by atoms with Gasteiger partial charge in [-0.1, -0.05) is 97.1 Å². The Kier molecular flexibility index (Phi) is 5.26. The molecule has 0 radical (unpaired) electrons. The molecule has 8 aromatic carbocycles. The minimum absolute atomic E-state index is 0.658. The van der Waals surface area contributed by atoms with E-state index in [-0.39, 0.29) is 0 Å². The van der Waals surface area contributed by atoms with Crippen LogP contribution in [0, 0.1) is 11.3 Å². The van der Waals surface area contributed by atoms with Gasteiger partial charge in [0.15, 0.2) is 0 Å². The lowest BCUT2D eigenvalue weighted by Gasteiger charge is -2.28. The van der Waals surface area contributed by atoms with Crippen molar-refractivity contribution in [3.8, 4) is 17.2 Å². The normalized spacial score (nSPS) is 11.6. The van der Waals surface area contributed by atoms with Crippen LogP contribution in [0.15, 0.2) is 150 Å². The standard InChI is InChI=1S/C41H24N2O/c42-25-26-11-13-27(14-12-26)28-17-21-32(22-18-28)43(36-8-4-10-38-41(36)34-7-1-2-9-37(34)44-38)35-24-20-31-16-15-29-5-3-6-30-19-23-33(35)40(31)39(29)30/h1-24H. The van der Waals surface area contributed by atoms with E-state index in [1.807, 2.05) is 36.4 Å². The first kappa shape index (κ1) is 24.5. The second kappa shape index (κ2) is 9.46. The lowest BCUT2D eigenvalue weighted by molar-refractivity contribution is 0.669. The Morgan fingerprint density at radius 1 is 0.455 bits per heavy atom. The predicted molar refractivity (Wildman–Crippen MR) is 182 cm³/mol. The summed E-state index contributed by atoms with van der Waals surface area (Å²) in [5, 5.41) is 18.9. The van der Waals surface area contributed by atoms with Crippen molar-refractivity contribution in [3.05, 3.63) is 151 Å². The van der Waals surface area contributed by atoms with E-state index in [0.29, 0.717) is 5.56 Å². The van der Waals surface area contributed by atoms with Gasteiger partial charge >= 0.3 is 0 Å². The number of furan rings is 1. The van der Waals surface area contributed by atoms with Crippen molar-refractivity contribution < 1.29 is 4.42 Å². The molecule has 0 unspecified atom stereocenters. The molecule has 0 aliphatic carbocycles. The zero-order valence-electron chi connectivity index (χ0n) is 23.7. The van der Waals surface area contributed by atoms with Crippen LogP contribution in [0.2, 0.25) is 0 Å². The van der Waals surface area contributed by atoms with Crippen molar-refractivity contribution in [2.75, 3.05) is 4.90 Å². The van der Waals surface area contributed by atoms with Gasteiger partial charge in [0.05, 0.1) is 28.4 Å². The van der Waals surface area contributed by atoms with Crippen LogP contribution in [0.25, 0.3) is 65.4 Å². The fraction of sp³-hybridized carbons (Fsp3) is 0. The first-order chi connectivity index (χ1) is 21.8. The third-order valence-electron chi connectivity index (χ3n) is 8.84. The first-order valence-corrected chi connectivity index (χ1v) is 14.7. The molecule has 0 spiro atoms. The summed E-state index contributed by atoms with van der Waals surface area (Å²) >= 11 is 0. The van der Waals surface area contributed by atoms with Crippen molar-refractivity contribution >= 4 is 71.3 Å². The number of para-hydroxylation sites is 1. The van der Waals surface area contributed by atoms with E-state index in [2.05, 4.69) is 120 Å². The van der Waals surface area contributed by atoms with Crippen LogP contribution in [-0.2, 0) is 0 Å². The average molecular weight is 561 g/mol. The molecule has 0 saturated carbocycles. The number of nitrogens with zero attached hydrogens (tertiary/aromatic N) is 2. The van der Waals surface area contributed by atoms with Gasteiger partial charge in [-0.2, -0.15) is 5.26 Å². The lowest BCUT2D eigenvalue weighted by Crippen LogP contribution is -2.11. The van der Waals surface area contributed by atoms with Gasteiger partial charge in [-0.25, -0.2) is 0 Å². The quantitative estimate of drug-likeness (QED) is 0.201. The fourth-order valence-corrected chi connectivity index (χ4v) is 6.81. The third kappa shape index (κ3) is 3.62. The second-order valence-corrected chi connectivity index (χ2v) is 11.3. The van der Waals surface area contributed by atoms with Crippen molar-refractivity contribution in [2.24, 2.45) is 0 Å². The molecule has 9 rings (SSSR count). The minimum atomic E-state index is 0.658. The fourth-order valence-electron chi connectivity index (χ4n) is 6.81. The summed E-state index contributed by atoms with van der Waals surface area (Å²) in [6.07, 6.45) is 0. The van der Waals surface area contributed by atoms with E-state index in [0.717, 1.165) is 50.1 Å². The molecule has 9 aromatic rings. The molecular weight excluding hydrogens is 536 g/mol. The Bertz CT molecular complexity index is 2540. The molecular formula is C41H24N2O. The van der Waals surface area contributed by atoms with Crippen molar-refractivity contribution in [2.45, 2.75) is 0 Å². The molecule has 1 aromatic heterocycles. The van der Waals surface area contributed by atoms with Gasteiger partial charge < -0.3 is 9.32 Å². The number of benzene rings is 8. The highest BCUT2D eigenvalue weighted by Crippen LogP contribution is 2.47. The van der Waals surface area contributed by atoms with Gasteiger partial charge in [0.1, 0.15) is 11.2 Å². The van der Waals surface area contributed by atoms with Gasteiger partial charge in [-0.05, 0) is 86.6 Å². The summed E-state index contributed by atoms with van der Waals surface area (Å²) in [6.45, 7) is 0. The first-order valence-electron chi connectivity index (χ1n) is 14.7. The maximum Gasteiger partial charge on any atom is 0.137 e. The van der Waals surface area contributed by atoms with Gasteiger partial charge in [0.25, 0.3) is 0 Å². The largest absolute Gasteiger partial charge is 0.456 e. The van der Waals surface area contributed by atoms with Gasteiger partial charge in [0.2, 0.25) is 0 Å². The summed E-state index contributed by atoms with van der Waals surface area (Å²) < 4.78 is 6.34. The molecule has 0 saturated heterocycles. The Morgan fingerprint density at radius 3 is 1.86 bits per heavy atom. The molecule has 3 heteroatoms. The summed E-state index contributed by atoms with van der Waals surface area (Å²) in [4.78, 5) is 2.37. The second-order valence-electron chi connectivity index (χ2n) is 11.3. The number of fused-ring (bicyclic) bond motifs is 3. The molecule has 0 amide bonds. The van der Waals surface area contributed by atoms with Crippen LogP contribution >= 0.6 is 0 Å². The van der Waals surface area contributed by atoms with Crippen LogP contribution in [-0.4, -0.2) is 0 Å². The summed E-state index contributed by atoms with van der Waals surface area (Å²) in [6, 6.07) is 53.2. The number of hydrogen-bond donors (Lipinski definition) is 0. The molecule has 0 aliphatic rings. The van der Waals surface area contributed by atoms with Crippen LogP contribution < -0.4 is 4.90 Å². The van der Waals surface area contributed by atoms with E-state index < -0.39 is 0 Å². The lowest BCUT2D eigenvalue weighted by atomic mass is 9.93. The van der Waals surface area contributed by atoms with E-state index in [4.69, 9.17) is 4.42 Å². The van der Waals surface area contributed by atoms with Crippen molar-refractivity contribution in [3.63, 3.8) is 0 Å². The van der Waals surface area contributed by atoms with Gasteiger partial charge in [-0.15, -0.1) is 0 Å². The molecule has 0 atom stereocenters. The Hall–Kier alpha value is -6.11. The number of anilines is 3. The molecule has 204 valence electrons. The monoisotopic (exact) mass is 560 g/mol. The number of rotatable bonds is 4. The van der Waals surface area contributed by atoms with E-state index in [9.17, 15) is 5.26 Å². The van der Waals surface area contributed by atoms with E-state index in [1.54, 1.807) is 0 Å². The highest BCUT2D eigenvalue weighted by atomic mass is 16.3. The molecule has 1 heterocycles. The summed E-state index contributed by atoms with van der Waals surface area (Å²) in [5.74, 6) is 0. The average Bonchev–Trinajstić information content (AvgIpc) is 3.48. The highest BCUT2D eigenvalue weighted by Gasteiger charge is 2.22. The zero-order valence-corrected chi connectivity index (χ0v) is 23.7. The molecule has 0 bridgehead atoms. The smallest absolute Gasteiger partial charge is 0.137 e. The third-order valence-corrected chi connectivity index (χ3v) is 8.84. The molecule has 0 fully saturated rings. The SMILES string of the molecule is N#Cc1ccc(-c2ccc(N(c3ccc4ccc5cccc6ccc3c4c56)c3cccc4oc5ccccc5c34)cc2)cc1. The Labute approximate surface area is 253 Å². The molecule has 0 N–H and O–H groups in total. The van der Waals surface area contributed by atoms with Crippen molar-refractivity contribution in [1.82, 2.24) is 0 Å². The number of hydrogen-bond acceptors (Lipinski definition) is 3. The van der Waals surface area contributed by atoms with Crippen molar-refractivity contribution in [1.29, 1.82) is 5.26 Å². The Balaban J connectivity index is 1.32. The van der Waals surface area contributed by atoms with Gasteiger partial charge in [-0.3, -0.25) is 0 Å². The highest BCUT2D eigenvalue weighted by molar-refractivity contribution is 6.26. The van der Waals surface area contributed by atoms with Crippen LogP contribution in [0.5, 0.6) is 0 Å². The minimum Gasteiger partial charge on any atom is -0.456 e. The Morgan fingerprint density at radius 2 is 1.09 bits per heavy atom. The summed E-state index contributed by atoms with van der Waals surface area (Å²) in [5.41, 5.74) is 7.80. The maximum absolute atomic E-state index is 9.24. The van der Waals surface area contributed by atoms with Crippen LogP contribution in [0.4, 0.5) is 17.1 Å². The van der Waals surface area contributed by atoms with Gasteiger partial charge in [0, 0.05) is 16.5 Å². The molecule has 44 heavy (non-hydrogen) atoms. The summed E-state index contributed by atoms with van der Waals surface area (Å²) in [7, 11) is 0. The molecule has 0 aliphatic heterocycles. The molecule has 3 nitrogen and oxygen atoms in total. The maximum atomic E-state index is 9.24.